The standard InChI is InChI=1S/C16H20N6O.C8H14/c1-23-8-2-7-17-9-12-3-5-14(6-4-12)20-16-18-10-13-11-19-22-15(13)21-16;1-6-4-7-2-3-8(6)5-7/h3-6,10-11,17H,2,7-9H2,1H3,(H2,18,19,20,21,22);6-8H,2-5H2,1H3/t;6-,7-,8-/m.0/s1. The first-order chi connectivity index (χ1) is 15.2. The summed E-state index contributed by atoms with van der Waals surface area (Å²) in [7, 11) is 1.72. The molecule has 7 nitrogen and oxygen atoms in total. The van der Waals surface area contributed by atoms with Crippen LogP contribution >= 0.6 is 0 Å². The predicted octanol–water partition coefficient (Wildman–Crippen LogP) is 4.67. The van der Waals surface area contributed by atoms with Crippen molar-refractivity contribution in [1.82, 2.24) is 25.5 Å². The number of nitrogens with one attached hydrogen (secondary N) is 3. The van der Waals surface area contributed by atoms with Gasteiger partial charge in [-0.25, -0.2) is 4.98 Å². The van der Waals surface area contributed by atoms with Crippen molar-refractivity contribution in [3.8, 4) is 0 Å². The number of fused-ring (bicyclic) bond motifs is 3. The van der Waals surface area contributed by atoms with Gasteiger partial charge in [0.25, 0.3) is 0 Å². The summed E-state index contributed by atoms with van der Waals surface area (Å²) in [4.78, 5) is 8.64. The van der Waals surface area contributed by atoms with Crippen LogP contribution in [0.25, 0.3) is 11.0 Å². The van der Waals surface area contributed by atoms with Crippen LogP contribution in [-0.4, -0.2) is 40.4 Å². The summed E-state index contributed by atoms with van der Waals surface area (Å²) in [5.41, 5.74) is 2.91. The monoisotopic (exact) mass is 422 g/mol. The van der Waals surface area contributed by atoms with E-state index in [0.717, 1.165) is 60.6 Å². The second kappa shape index (κ2) is 10.7. The number of aromatic nitrogens is 4. The van der Waals surface area contributed by atoms with Crippen molar-refractivity contribution < 1.29 is 4.74 Å². The van der Waals surface area contributed by atoms with Gasteiger partial charge >= 0.3 is 0 Å². The third kappa shape index (κ3) is 6.02. The molecule has 3 N–H and O–H groups in total. The molecule has 166 valence electrons. The van der Waals surface area contributed by atoms with E-state index in [4.69, 9.17) is 4.74 Å². The van der Waals surface area contributed by atoms with Gasteiger partial charge in [0.2, 0.25) is 5.95 Å². The number of aromatic amines is 1. The normalized spacial score (nSPS) is 21.8. The highest BCUT2D eigenvalue weighted by Gasteiger charge is 2.36. The maximum absolute atomic E-state index is 5.02. The molecular formula is C24H34N6O. The zero-order valence-corrected chi connectivity index (χ0v) is 18.6. The van der Waals surface area contributed by atoms with Crippen LogP contribution in [0.15, 0.2) is 36.7 Å². The summed E-state index contributed by atoms with van der Waals surface area (Å²) in [5, 5.41) is 14.2. The van der Waals surface area contributed by atoms with Crippen LogP contribution in [0.1, 0.15) is 44.6 Å². The molecule has 7 heteroatoms. The zero-order chi connectivity index (χ0) is 21.5. The van der Waals surface area contributed by atoms with Crippen molar-refractivity contribution in [3.63, 3.8) is 0 Å². The second-order valence-electron chi connectivity index (χ2n) is 8.86. The predicted molar refractivity (Wildman–Crippen MR) is 124 cm³/mol. The smallest absolute Gasteiger partial charge is 0.229 e. The highest BCUT2D eigenvalue weighted by molar-refractivity contribution is 5.74. The van der Waals surface area contributed by atoms with Gasteiger partial charge in [-0.15, -0.1) is 0 Å². The van der Waals surface area contributed by atoms with Gasteiger partial charge in [-0.05, 0) is 67.7 Å². The molecule has 31 heavy (non-hydrogen) atoms. The van der Waals surface area contributed by atoms with Crippen LogP contribution in [0.2, 0.25) is 0 Å². The van der Waals surface area contributed by atoms with E-state index in [0.29, 0.717) is 5.95 Å². The Hall–Kier alpha value is -2.51. The van der Waals surface area contributed by atoms with E-state index in [1.54, 1.807) is 45.2 Å². The lowest BCUT2D eigenvalue weighted by molar-refractivity contribution is 0.194. The van der Waals surface area contributed by atoms with Crippen molar-refractivity contribution in [1.29, 1.82) is 0 Å². The first kappa shape index (κ1) is 21.7. The van der Waals surface area contributed by atoms with Gasteiger partial charge in [-0.2, -0.15) is 10.1 Å². The molecule has 2 bridgehead atoms. The van der Waals surface area contributed by atoms with E-state index in [1.807, 2.05) is 12.1 Å². The van der Waals surface area contributed by atoms with E-state index >= 15 is 0 Å². The summed E-state index contributed by atoms with van der Waals surface area (Å²) in [5.74, 6) is 3.91. The van der Waals surface area contributed by atoms with E-state index in [2.05, 4.69) is 49.9 Å². The van der Waals surface area contributed by atoms with E-state index in [-0.39, 0.29) is 0 Å². The Morgan fingerprint density at radius 2 is 2.00 bits per heavy atom. The number of nitrogens with zero attached hydrogens (tertiary/aromatic N) is 3. The Kier molecular flexibility index (Phi) is 7.48. The molecule has 5 rings (SSSR count). The summed E-state index contributed by atoms with van der Waals surface area (Å²) in [6, 6.07) is 8.21. The average Bonchev–Trinajstić information content (AvgIpc) is 3.52. The lowest BCUT2D eigenvalue weighted by Crippen LogP contribution is -2.16. The zero-order valence-electron chi connectivity index (χ0n) is 18.6. The Morgan fingerprint density at radius 1 is 1.13 bits per heavy atom. The third-order valence-electron chi connectivity index (χ3n) is 6.52. The number of rotatable bonds is 8. The molecule has 0 unspecified atom stereocenters. The molecule has 3 aromatic rings. The molecule has 2 heterocycles. The molecule has 0 saturated heterocycles. The molecule has 0 radical (unpaired) electrons. The summed E-state index contributed by atoms with van der Waals surface area (Å²) in [6.45, 7) is 5.01. The number of hydrogen-bond donors (Lipinski definition) is 3. The fourth-order valence-corrected chi connectivity index (χ4v) is 4.77. The fourth-order valence-electron chi connectivity index (χ4n) is 4.77. The summed E-state index contributed by atoms with van der Waals surface area (Å²) < 4.78 is 5.02. The largest absolute Gasteiger partial charge is 0.385 e. The number of anilines is 2. The summed E-state index contributed by atoms with van der Waals surface area (Å²) in [6.07, 6.45) is 10.7. The first-order valence-electron chi connectivity index (χ1n) is 11.4. The molecule has 0 spiro atoms. The highest BCUT2D eigenvalue weighted by atomic mass is 16.5. The van der Waals surface area contributed by atoms with Crippen LogP contribution in [0.4, 0.5) is 11.6 Å². The van der Waals surface area contributed by atoms with Crippen LogP contribution in [0.3, 0.4) is 0 Å². The molecule has 2 aliphatic rings. The minimum absolute atomic E-state index is 0.548. The minimum Gasteiger partial charge on any atom is -0.385 e. The van der Waals surface area contributed by atoms with Gasteiger partial charge < -0.3 is 15.4 Å². The van der Waals surface area contributed by atoms with Crippen LogP contribution in [0, 0.1) is 17.8 Å². The molecule has 0 aliphatic heterocycles. The summed E-state index contributed by atoms with van der Waals surface area (Å²) >= 11 is 0. The van der Waals surface area contributed by atoms with Gasteiger partial charge in [0.05, 0.1) is 11.6 Å². The van der Waals surface area contributed by atoms with Crippen LogP contribution < -0.4 is 10.6 Å². The molecule has 2 saturated carbocycles. The lowest BCUT2D eigenvalue weighted by Gasteiger charge is -2.15. The van der Waals surface area contributed by atoms with Gasteiger partial charge in [-0.1, -0.05) is 25.5 Å². The Morgan fingerprint density at radius 3 is 2.68 bits per heavy atom. The van der Waals surface area contributed by atoms with Crippen molar-refractivity contribution in [2.75, 3.05) is 25.6 Å². The van der Waals surface area contributed by atoms with Crippen molar-refractivity contribution in [2.45, 2.75) is 45.6 Å². The average molecular weight is 423 g/mol. The number of methoxy groups -OCH3 is 1. The van der Waals surface area contributed by atoms with Crippen molar-refractivity contribution in [3.05, 3.63) is 42.2 Å². The topological polar surface area (TPSA) is 87.8 Å². The number of ether oxygens (including phenoxy) is 1. The fraction of sp³-hybridized carbons (Fsp3) is 0.542. The highest BCUT2D eigenvalue weighted by Crippen LogP contribution is 2.47. The number of benzene rings is 1. The molecule has 0 amide bonds. The quantitative estimate of drug-likeness (QED) is 0.458. The molecule has 2 aromatic heterocycles. The molecular weight excluding hydrogens is 388 g/mol. The number of hydrogen-bond acceptors (Lipinski definition) is 6. The van der Waals surface area contributed by atoms with Crippen LogP contribution in [-0.2, 0) is 11.3 Å². The van der Waals surface area contributed by atoms with Crippen molar-refractivity contribution in [2.24, 2.45) is 17.8 Å². The molecule has 2 aliphatic carbocycles. The minimum atomic E-state index is 0.548. The van der Waals surface area contributed by atoms with E-state index in [1.165, 1.54) is 5.56 Å². The van der Waals surface area contributed by atoms with Crippen molar-refractivity contribution >= 4 is 22.7 Å². The SMILES string of the molecule is COCCCNCc1ccc(Nc2ncc3cn[nH]c3n2)cc1.C[C@H]1C[C@@H]2CC[C@H]1C2. The molecule has 2 fully saturated rings. The van der Waals surface area contributed by atoms with Gasteiger partial charge in [-0.3, -0.25) is 5.10 Å². The maximum Gasteiger partial charge on any atom is 0.229 e. The van der Waals surface area contributed by atoms with E-state index < -0.39 is 0 Å². The Labute approximate surface area is 184 Å². The number of H-pyrrole nitrogens is 1. The molecule has 1 aromatic carbocycles. The lowest BCUT2D eigenvalue weighted by atomic mass is 9.91. The van der Waals surface area contributed by atoms with Gasteiger partial charge in [0.15, 0.2) is 5.65 Å². The van der Waals surface area contributed by atoms with E-state index in [9.17, 15) is 0 Å². The van der Waals surface area contributed by atoms with Gasteiger partial charge in [0, 0.05) is 32.1 Å². The maximum atomic E-state index is 5.02. The third-order valence-corrected chi connectivity index (χ3v) is 6.52. The second-order valence-corrected chi connectivity index (χ2v) is 8.86. The van der Waals surface area contributed by atoms with Crippen LogP contribution in [0.5, 0.6) is 0 Å². The Bertz CT molecular complexity index is 939. The Balaban J connectivity index is 0.000000239. The first-order valence-corrected chi connectivity index (χ1v) is 11.4. The molecule has 3 atom stereocenters. The van der Waals surface area contributed by atoms with Gasteiger partial charge in [0.1, 0.15) is 0 Å².